The van der Waals surface area contributed by atoms with E-state index in [-0.39, 0.29) is 6.04 Å². The van der Waals surface area contributed by atoms with Gasteiger partial charge in [0.05, 0.1) is 11.1 Å². The first-order valence-electron chi connectivity index (χ1n) is 5.75. The molecule has 2 aromatic rings. The maximum Gasteiger partial charge on any atom is 0.0548 e. The summed E-state index contributed by atoms with van der Waals surface area (Å²) in [4.78, 5) is 0. The molecule has 0 aliphatic heterocycles. The summed E-state index contributed by atoms with van der Waals surface area (Å²) in [6.45, 7) is 0. The predicted octanol–water partition coefficient (Wildman–Crippen LogP) is 4.45. The van der Waals surface area contributed by atoms with Gasteiger partial charge in [0.25, 0.3) is 0 Å². The third kappa shape index (κ3) is 4.16. The Morgan fingerprint density at radius 3 is 2.47 bits per heavy atom. The molecule has 1 unspecified atom stereocenters. The van der Waals surface area contributed by atoms with Crippen molar-refractivity contribution in [2.24, 2.45) is 5.84 Å². The molecule has 0 aliphatic rings. The summed E-state index contributed by atoms with van der Waals surface area (Å²) < 4.78 is 2.11. The molecule has 0 heterocycles. The van der Waals surface area contributed by atoms with Crippen LogP contribution in [0.1, 0.15) is 17.2 Å². The van der Waals surface area contributed by atoms with Crippen molar-refractivity contribution in [1.29, 1.82) is 0 Å². The molecular weight excluding hydrogens is 438 g/mol. The Kier molecular flexibility index (Phi) is 5.65. The van der Waals surface area contributed by atoms with Crippen LogP contribution in [0.15, 0.2) is 46.9 Å². The second-order valence-electron chi connectivity index (χ2n) is 4.22. The van der Waals surface area contributed by atoms with Crippen molar-refractivity contribution in [3.8, 4) is 0 Å². The second-order valence-corrected chi connectivity index (χ2v) is 6.73. The number of nitrogens with one attached hydrogen (secondary N) is 1. The number of rotatable bonds is 4. The Bertz CT molecular complexity index is 560. The first-order chi connectivity index (χ1) is 9.10. The molecule has 0 saturated carbocycles. The molecule has 19 heavy (non-hydrogen) atoms. The molecule has 100 valence electrons. The van der Waals surface area contributed by atoms with E-state index in [9.17, 15) is 0 Å². The molecule has 5 heteroatoms. The molecule has 3 N–H and O–H groups in total. The molecule has 1 atom stereocenters. The normalized spacial score (nSPS) is 12.4. The van der Waals surface area contributed by atoms with Gasteiger partial charge in [-0.1, -0.05) is 29.8 Å². The lowest BCUT2D eigenvalue weighted by molar-refractivity contribution is 0.552. The summed E-state index contributed by atoms with van der Waals surface area (Å²) in [5.74, 6) is 5.67. The van der Waals surface area contributed by atoms with E-state index in [4.69, 9.17) is 17.4 Å². The summed E-state index contributed by atoms with van der Waals surface area (Å²) in [5.41, 5.74) is 5.22. The number of hydrazine groups is 1. The number of hydrogen-bond acceptors (Lipinski definition) is 2. The van der Waals surface area contributed by atoms with Crippen molar-refractivity contribution in [3.05, 3.63) is 66.7 Å². The Labute approximate surface area is 140 Å². The zero-order chi connectivity index (χ0) is 13.8. The number of halogens is 3. The molecule has 0 saturated heterocycles. The van der Waals surface area contributed by atoms with E-state index in [1.165, 1.54) is 9.13 Å². The highest BCUT2D eigenvalue weighted by Crippen LogP contribution is 2.27. The Morgan fingerprint density at radius 1 is 1.21 bits per heavy atom. The van der Waals surface area contributed by atoms with Gasteiger partial charge in [0.15, 0.2) is 0 Å². The van der Waals surface area contributed by atoms with Gasteiger partial charge in [0.1, 0.15) is 0 Å². The van der Waals surface area contributed by atoms with E-state index < -0.39 is 0 Å². The van der Waals surface area contributed by atoms with Gasteiger partial charge in [-0.15, -0.1) is 0 Å². The average Bonchev–Trinajstić information content (AvgIpc) is 2.41. The van der Waals surface area contributed by atoms with E-state index in [2.05, 4.69) is 68.2 Å². The van der Waals surface area contributed by atoms with Gasteiger partial charge in [0, 0.05) is 8.04 Å². The molecule has 0 aliphatic carbocycles. The molecule has 0 spiro atoms. The highest BCUT2D eigenvalue weighted by Gasteiger charge is 2.12. The number of benzene rings is 2. The SMILES string of the molecule is NNC(Cc1ccc(I)cc1)c1ccc(Cl)c(Br)c1. The minimum absolute atomic E-state index is 0.0635. The van der Waals surface area contributed by atoms with Crippen molar-refractivity contribution >= 4 is 50.1 Å². The lowest BCUT2D eigenvalue weighted by Gasteiger charge is -2.17. The third-order valence-corrected chi connectivity index (χ3v) is 4.83. The molecule has 0 amide bonds. The third-order valence-electron chi connectivity index (χ3n) is 2.90. The van der Waals surface area contributed by atoms with E-state index in [1.807, 2.05) is 18.2 Å². The predicted molar refractivity (Wildman–Crippen MR) is 92.1 cm³/mol. The summed E-state index contributed by atoms with van der Waals surface area (Å²) in [6.07, 6.45) is 0.835. The molecule has 2 nitrogen and oxygen atoms in total. The van der Waals surface area contributed by atoms with Gasteiger partial charge in [0.2, 0.25) is 0 Å². The minimum Gasteiger partial charge on any atom is -0.271 e. The van der Waals surface area contributed by atoms with E-state index in [0.29, 0.717) is 5.02 Å². The van der Waals surface area contributed by atoms with Crippen molar-refractivity contribution in [2.45, 2.75) is 12.5 Å². The van der Waals surface area contributed by atoms with Crippen LogP contribution < -0.4 is 11.3 Å². The number of hydrogen-bond donors (Lipinski definition) is 2. The fourth-order valence-corrected chi connectivity index (χ4v) is 2.73. The monoisotopic (exact) mass is 450 g/mol. The van der Waals surface area contributed by atoms with E-state index in [0.717, 1.165) is 16.5 Å². The van der Waals surface area contributed by atoms with Gasteiger partial charge < -0.3 is 0 Å². The lowest BCUT2D eigenvalue weighted by Crippen LogP contribution is -2.29. The maximum atomic E-state index is 6.01. The molecule has 0 bridgehead atoms. The molecule has 0 radical (unpaired) electrons. The van der Waals surface area contributed by atoms with Crippen molar-refractivity contribution in [2.75, 3.05) is 0 Å². The summed E-state index contributed by atoms with van der Waals surface area (Å²) in [7, 11) is 0. The van der Waals surface area contributed by atoms with Gasteiger partial charge in [-0.2, -0.15) is 0 Å². The fraction of sp³-hybridized carbons (Fsp3) is 0.143. The van der Waals surface area contributed by atoms with Crippen molar-refractivity contribution in [3.63, 3.8) is 0 Å². The molecular formula is C14H13BrClIN2. The first kappa shape index (κ1) is 15.3. The smallest absolute Gasteiger partial charge is 0.0548 e. The lowest BCUT2D eigenvalue weighted by atomic mass is 9.99. The topological polar surface area (TPSA) is 38.0 Å². The number of nitrogens with two attached hydrogens (primary N) is 1. The Hall–Kier alpha value is -0.140. The Balaban J connectivity index is 2.19. The molecule has 0 aromatic heterocycles. The second kappa shape index (κ2) is 7.04. The van der Waals surface area contributed by atoms with Crippen molar-refractivity contribution < 1.29 is 0 Å². The van der Waals surface area contributed by atoms with Crippen LogP contribution >= 0.6 is 50.1 Å². The van der Waals surface area contributed by atoms with E-state index in [1.54, 1.807) is 0 Å². The molecule has 2 aromatic carbocycles. The summed E-state index contributed by atoms with van der Waals surface area (Å²) in [6, 6.07) is 14.4. The largest absolute Gasteiger partial charge is 0.271 e. The van der Waals surface area contributed by atoms with Crippen LogP contribution in [0.5, 0.6) is 0 Å². The van der Waals surface area contributed by atoms with Crippen LogP contribution in [0.3, 0.4) is 0 Å². The van der Waals surface area contributed by atoms with Gasteiger partial charge in [-0.05, 0) is 80.3 Å². The van der Waals surface area contributed by atoms with Crippen LogP contribution in [0.4, 0.5) is 0 Å². The van der Waals surface area contributed by atoms with Crippen LogP contribution in [-0.4, -0.2) is 0 Å². The molecule has 2 rings (SSSR count). The van der Waals surface area contributed by atoms with Gasteiger partial charge in [-0.25, -0.2) is 0 Å². The maximum absolute atomic E-state index is 6.01. The zero-order valence-corrected chi connectivity index (χ0v) is 14.5. The Morgan fingerprint density at radius 2 is 1.89 bits per heavy atom. The summed E-state index contributed by atoms with van der Waals surface area (Å²) >= 11 is 11.7. The molecule has 0 fully saturated rings. The van der Waals surface area contributed by atoms with E-state index >= 15 is 0 Å². The first-order valence-corrected chi connectivity index (χ1v) is 8.00. The van der Waals surface area contributed by atoms with Crippen molar-refractivity contribution in [1.82, 2.24) is 5.43 Å². The standard InChI is InChI=1S/C14H13BrClIN2/c15-12-8-10(3-6-13(12)16)14(19-18)7-9-1-4-11(17)5-2-9/h1-6,8,14,19H,7,18H2. The highest BCUT2D eigenvalue weighted by atomic mass is 127. The highest BCUT2D eigenvalue weighted by molar-refractivity contribution is 14.1. The van der Waals surface area contributed by atoms with Crippen LogP contribution in [0.2, 0.25) is 5.02 Å². The quantitative estimate of drug-likeness (QED) is 0.409. The summed E-state index contributed by atoms with van der Waals surface area (Å²) in [5, 5.41) is 0.703. The zero-order valence-electron chi connectivity index (χ0n) is 10.0. The van der Waals surface area contributed by atoms with Gasteiger partial charge >= 0.3 is 0 Å². The van der Waals surface area contributed by atoms with Crippen LogP contribution in [0, 0.1) is 3.57 Å². The van der Waals surface area contributed by atoms with Crippen LogP contribution in [0.25, 0.3) is 0 Å². The fourth-order valence-electron chi connectivity index (χ4n) is 1.86. The average molecular weight is 452 g/mol. The minimum atomic E-state index is 0.0635. The van der Waals surface area contributed by atoms with Gasteiger partial charge in [-0.3, -0.25) is 11.3 Å². The van der Waals surface area contributed by atoms with Crippen LogP contribution in [-0.2, 0) is 6.42 Å².